The van der Waals surface area contributed by atoms with Gasteiger partial charge in [0, 0.05) is 12.1 Å². The smallest absolute Gasteiger partial charge is 0.233 e. The van der Waals surface area contributed by atoms with E-state index in [1.165, 1.54) is 31.0 Å². The Morgan fingerprint density at radius 1 is 1.38 bits per heavy atom. The van der Waals surface area contributed by atoms with Crippen molar-refractivity contribution in [3.05, 3.63) is 18.3 Å². The Kier molecular flexibility index (Phi) is 5.91. The highest BCUT2D eigenvalue weighted by atomic mass is 32.2. The average Bonchev–Trinajstić information content (AvgIpc) is 2.47. The van der Waals surface area contributed by atoms with Gasteiger partial charge in [-0.2, -0.15) is 0 Å². The SMILES string of the molecule is CC(C)N(C(=O)CSc1ccc(N)cn1)C1CCCCC1. The van der Waals surface area contributed by atoms with Crippen LogP contribution in [-0.4, -0.2) is 33.6 Å². The van der Waals surface area contributed by atoms with E-state index < -0.39 is 0 Å². The Balaban J connectivity index is 1.93. The molecule has 1 heterocycles. The number of carbonyl (C=O) groups is 1. The number of nitrogens with zero attached hydrogens (tertiary/aromatic N) is 2. The summed E-state index contributed by atoms with van der Waals surface area (Å²) in [5.74, 6) is 0.673. The summed E-state index contributed by atoms with van der Waals surface area (Å²) >= 11 is 1.49. The van der Waals surface area contributed by atoms with Gasteiger partial charge in [-0.3, -0.25) is 4.79 Å². The molecule has 0 bridgehead atoms. The predicted molar refractivity (Wildman–Crippen MR) is 88.2 cm³/mol. The molecule has 4 nitrogen and oxygen atoms in total. The van der Waals surface area contributed by atoms with Gasteiger partial charge < -0.3 is 10.6 Å². The molecule has 0 saturated heterocycles. The van der Waals surface area contributed by atoms with Crippen LogP contribution in [0.2, 0.25) is 0 Å². The third-order valence-corrected chi connectivity index (χ3v) is 4.84. The molecule has 0 aromatic carbocycles. The standard InChI is InChI=1S/C16H25N3OS/c1-12(2)19(14-6-4-3-5-7-14)16(20)11-21-15-9-8-13(17)10-18-15/h8-10,12,14H,3-7,11,17H2,1-2H3. The number of hydrogen-bond acceptors (Lipinski definition) is 4. The van der Waals surface area contributed by atoms with Gasteiger partial charge in [0.15, 0.2) is 0 Å². The zero-order valence-corrected chi connectivity index (χ0v) is 13.7. The summed E-state index contributed by atoms with van der Waals surface area (Å²) in [6.07, 6.45) is 7.72. The summed E-state index contributed by atoms with van der Waals surface area (Å²) in [7, 11) is 0. The topological polar surface area (TPSA) is 59.2 Å². The van der Waals surface area contributed by atoms with Gasteiger partial charge in [0.2, 0.25) is 5.91 Å². The normalized spacial score (nSPS) is 16.1. The van der Waals surface area contributed by atoms with Crippen molar-refractivity contribution in [2.45, 2.75) is 63.1 Å². The van der Waals surface area contributed by atoms with Crippen LogP contribution >= 0.6 is 11.8 Å². The third-order valence-electron chi connectivity index (χ3n) is 3.92. The Hall–Kier alpha value is -1.23. The van der Waals surface area contributed by atoms with Gasteiger partial charge in [0.05, 0.1) is 22.7 Å². The van der Waals surface area contributed by atoms with Gasteiger partial charge in [0.1, 0.15) is 0 Å². The molecule has 0 radical (unpaired) electrons. The van der Waals surface area contributed by atoms with E-state index in [0.29, 0.717) is 17.5 Å². The zero-order chi connectivity index (χ0) is 15.2. The number of anilines is 1. The molecule has 1 aromatic heterocycles. The predicted octanol–water partition coefficient (Wildman–Crippen LogP) is 3.33. The minimum absolute atomic E-state index is 0.223. The van der Waals surface area contributed by atoms with Gasteiger partial charge >= 0.3 is 0 Å². The van der Waals surface area contributed by atoms with Crippen molar-refractivity contribution < 1.29 is 4.79 Å². The molecule has 1 aliphatic carbocycles. The highest BCUT2D eigenvalue weighted by molar-refractivity contribution is 7.99. The minimum Gasteiger partial charge on any atom is -0.397 e. The Morgan fingerprint density at radius 2 is 2.10 bits per heavy atom. The zero-order valence-electron chi connectivity index (χ0n) is 12.9. The lowest BCUT2D eigenvalue weighted by atomic mass is 9.93. The maximum atomic E-state index is 12.6. The maximum absolute atomic E-state index is 12.6. The van der Waals surface area contributed by atoms with Crippen LogP contribution in [0.3, 0.4) is 0 Å². The van der Waals surface area contributed by atoms with Crippen LogP contribution in [0.4, 0.5) is 5.69 Å². The summed E-state index contributed by atoms with van der Waals surface area (Å²) in [6.45, 7) is 4.22. The molecule has 0 aliphatic heterocycles. The summed E-state index contributed by atoms with van der Waals surface area (Å²) in [5.41, 5.74) is 6.27. The van der Waals surface area contributed by atoms with Crippen LogP contribution in [0.1, 0.15) is 46.0 Å². The minimum atomic E-state index is 0.223. The van der Waals surface area contributed by atoms with Crippen molar-refractivity contribution in [2.75, 3.05) is 11.5 Å². The molecule has 1 amide bonds. The lowest BCUT2D eigenvalue weighted by Crippen LogP contribution is -2.46. The molecule has 2 rings (SSSR count). The van der Waals surface area contributed by atoms with Crippen LogP contribution in [0.15, 0.2) is 23.4 Å². The first kappa shape index (κ1) is 16.1. The number of amides is 1. The molecule has 1 aromatic rings. The van der Waals surface area contributed by atoms with Gasteiger partial charge in [-0.15, -0.1) is 0 Å². The summed E-state index contributed by atoms with van der Waals surface area (Å²) < 4.78 is 0. The number of nitrogens with two attached hydrogens (primary N) is 1. The van der Waals surface area contributed by atoms with E-state index in [0.717, 1.165) is 17.9 Å². The fourth-order valence-corrected chi connectivity index (χ4v) is 3.67. The van der Waals surface area contributed by atoms with Gasteiger partial charge in [-0.25, -0.2) is 4.98 Å². The van der Waals surface area contributed by atoms with Gasteiger partial charge in [-0.05, 0) is 38.8 Å². The van der Waals surface area contributed by atoms with Crippen LogP contribution in [0, 0.1) is 0 Å². The Bertz CT molecular complexity index is 455. The largest absolute Gasteiger partial charge is 0.397 e. The van der Waals surface area contributed by atoms with E-state index >= 15 is 0 Å². The highest BCUT2D eigenvalue weighted by Crippen LogP contribution is 2.26. The fraction of sp³-hybridized carbons (Fsp3) is 0.625. The Labute approximate surface area is 131 Å². The lowest BCUT2D eigenvalue weighted by molar-refractivity contribution is -0.133. The highest BCUT2D eigenvalue weighted by Gasteiger charge is 2.27. The first-order valence-corrected chi connectivity index (χ1v) is 8.72. The van der Waals surface area contributed by atoms with Crippen LogP contribution in [0.25, 0.3) is 0 Å². The van der Waals surface area contributed by atoms with Crippen LogP contribution in [-0.2, 0) is 4.79 Å². The molecule has 2 N–H and O–H groups in total. The second kappa shape index (κ2) is 7.69. The molecule has 1 saturated carbocycles. The van der Waals surface area contributed by atoms with Crippen molar-refractivity contribution >= 4 is 23.4 Å². The molecule has 0 unspecified atom stereocenters. The number of carbonyl (C=O) groups excluding carboxylic acids is 1. The van der Waals surface area contributed by atoms with Crippen molar-refractivity contribution in [3.8, 4) is 0 Å². The summed E-state index contributed by atoms with van der Waals surface area (Å²) in [5, 5.41) is 0.852. The lowest BCUT2D eigenvalue weighted by Gasteiger charge is -2.37. The number of nitrogen functional groups attached to an aromatic ring is 1. The van der Waals surface area contributed by atoms with Gasteiger partial charge in [0.25, 0.3) is 0 Å². The van der Waals surface area contributed by atoms with Crippen LogP contribution < -0.4 is 5.73 Å². The number of pyridine rings is 1. The van der Waals surface area contributed by atoms with Crippen molar-refractivity contribution in [1.82, 2.24) is 9.88 Å². The van der Waals surface area contributed by atoms with Crippen molar-refractivity contribution in [3.63, 3.8) is 0 Å². The molecule has 1 fully saturated rings. The van der Waals surface area contributed by atoms with Gasteiger partial charge in [-0.1, -0.05) is 31.0 Å². The fourth-order valence-electron chi connectivity index (χ4n) is 2.96. The molecule has 1 aliphatic rings. The first-order valence-electron chi connectivity index (χ1n) is 7.73. The molecule has 116 valence electrons. The molecule has 0 atom stereocenters. The van der Waals surface area contributed by atoms with E-state index in [4.69, 9.17) is 5.73 Å². The molecular formula is C16H25N3OS. The first-order chi connectivity index (χ1) is 10.1. The maximum Gasteiger partial charge on any atom is 0.233 e. The second-order valence-corrected chi connectivity index (χ2v) is 6.90. The van der Waals surface area contributed by atoms with Crippen molar-refractivity contribution in [2.24, 2.45) is 0 Å². The third kappa shape index (κ3) is 4.63. The molecule has 0 spiro atoms. The Morgan fingerprint density at radius 3 is 2.67 bits per heavy atom. The number of hydrogen-bond donors (Lipinski definition) is 1. The van der Waals surface area contributed by atoms with E-state index in [1.807, 2.05) is 12.1 Å². The second-order valence-electron chi connectivity index (χ2n) is 5.91. The van der Waals surface area contributed by atoms with E-state index in [-0.39, 0.29) is 11.9 Å². The summed E-state index contributed by atoms with van der Waals surface area (Å²) in [6, 6.07) is 4.38. The molecule has 21 heavy (non-hydrogen) atoms. The van der Waals surface area contributed by atoms with Crippen molar-refractivity contribution in [1.29, 1.82) is 0 Å². The van der Waals surface area contributed by atoms with Crippen LogP contribution in [0.5, 0.6) is 0 Å². The van der Waals surface area contributed by atoms with E-state index in [9.17, 15) is 4.79 Å². The average molecular weight is 307 g/mol. The van der Waals surface area contributed by atoms with E-state index in [2.05, 4.69) is 23.7 Å². The molecular weight excluding hydrogens is 282 g/mol. The molecule has 5 heteroatoms. The number of rotatable bonds is 5. The monoisotopic (exact) mass is 307 g/mol. The number of aromatic nitrogens is 1. The van der Waals surface area contributed by atoms with E-state index in [1.54, 1.807) is 6.20 Å². The number of thioether (sulfide) groups is 1. The summed E-state index contributed by atoms with van der Waals surface area (Å²) in [4.78, 5) is 18.9. The quantitative estimate of drug-likeness (QED) is 0.848.